The van der Waals surface area contributed by atoms with Gasteiger partial charge in [0.1, 0.15) is 0 Å². The van der Waals surface area contributed by atoms with E-state index in [0.29, 0.717) is 5.56 Å². The summed E-state index contributed by atoms with van der Waals surface area (Å²) in [6.07, 6.45) is 7.36. The number of hydrogen-bond acceptors (Lipinski definition) is 1. The van der Waals surface area contributed by atoms with Crippen molar-refractivity contribution in [3.05, 3.63) is 35.4 Å². The number of hydrogen-bond donors (Lipinski definition) is 1. The highest BCUT2D eigenvalue weighted by molar-refractivity contribution is 5.21. The second-order valence-corrected chi connectivity index (χ2v) is 3.97. The molecule has 1 heteroatoms. The standard InChI is InChI=1S/C14H22O/c1-2-3-4-5-6-7-13-8-10-14(12-15)11-9-13/h8-11,15H,2-7,12H2,1H3/i12D2. The van der Waals surface area contributed by atoms with Gasteiger partial charge in [0.05, 0.1) is 9.30 Å². The lowest BCUT2D eigenvalue weighted by Crippen LogP contribution is -1.88. The highest BCUT2D eigenvalue weighted by atomic mass is 16.3. The zero-order valence-corrected chi connectivity index (χ0v) is 9.50. The van der Waals surface area contributed by atoms with Crippen LogP contribution in [-0.4, -0.2) is 5.11 Å². The summed E-state index contributed by atoms with van der Waals surface area (Å²) >= 11 is 0. The van der Waals surface area contributed by atoms with E-state index in [0.717, 1.165) is 6.42 Å². The van der Waals surface area contributed by atoms with Gasteiger partial charge in [-0.2, -0.15) is 0 Å². The molecule has 0 spiro atoms. The predicted molar refractivity (Wildman–Crippen MR) is 64.8 cm³/mol. The van der Waals surface area contributed by atoms with E-state index < -0.39 is 6.56 Å². The summed E-state index contributed by atoms with van der Waals surface area (Å²) in [4.78, 5) is 0. The van der Waals surface area contributed by atoms with E-state index in [-0.39, 0.29) is 0 Å². The molecule has 0 radical (unpaired) electrons. The van der Waals surface area contributed by atoms with Gasteiger partial charge in [-0.15, -0.1) is 0 Å². The number of benzene rings is 1. The van der Waals surface area contributed by atoms with Crippen molar-refractivity contribution in [2.75, 3.05) is 0 Å². The van der Waals surface area contributed by atoms with Crippen molar-refractivity contribution in [3.8, 4) is 0 Å². The molecule has 0 aliphatic carbocycles. The maximum Gasteiger partial charge on any atom is 0.0681 e. The van der Waals surface area contributed by atoms with E-state index in [4.69, 9.17) is 2.74 Å². The SMILES string of the molecule is [2H]C([2H])(O)c1ccc(CCCCCCC)cc1. The zero-order valence-electron chi connectivity index (χ0n) is 11.5. The van der Waals surface area contributed by atoms with Crippen LogP contribution in [0.25, 0.3) is 0 Å². The molecule has 0 fully saturated rings. The Labute approximate surface area is 96.0 Å². The molecule has 0 aliphatic heterocycles. The van der Waals surface area contributed by atoms with E-state index in [1.807, 2.05) is 12.1 Å². The van der Waals surface area contributed by atoms with Crippen molar-refractivity contribution in [2.24, 2.45) is 0 Å². The highest BCUT2D eigenvalue weighted by Gasteiger charge is 1.94. The molecule has 0 aliphatic rings. The van der Waals surface area contributed by atoms with Crippen molar-refractivity contribution in [3.63, 3.8) is 0 Å². The van der Waals surface area contributed by atoms with Crippen molar-refractivity contribution >= 4 is 0 Å². The van der Waals surface area contributed by atoms with Gasteiger partial charge in [0.15, 0.2) is 0 Å². The summed E-state index contributed by atoms with van der Waals surface area (Å²) in [5, 5.41) is 9.19. The molecular formula is C14H22O. The van der Waals surface area contributed by atoms with Gasteiger partial charge < -0.3 is 5.11 Å². The van der Waals surface area contributed by atoms with Gasteiger partial charge >= 0.3 is 0 Å². The van der Waals surface area contributed by atoms with E-state index >= 15 is 0 Å². The van der Waals surface area contributed by atoms with Gasteiger partial charge in [-0.3, -0.25) is 0 Å². The first-order valence-electron chi connectivity index (χ1n) is 6.86. The van der Waals surface area contributed by atoms with Crippen LogP contribution in [-0.2, 0) is 13.0 Å². The Balaban J connectivity index is 2.36. The number of unbranched alkanes of at least 4 members (excludes halogenated alkanes) is 4. The van der Waals surface area contributed by atoms with Crippen molar-refractivity contribution in [2.45, 2.75) is 52.0 Å². The largest absolute Gasteiger partial charge is 0.392 e. The average molecular weight is 208 g/mol. The number of aryl methyl sites for hydroxylation is 1. The number of rotatable bonds is 7. The van der Waals surface area contributed by atoms with Crippen molar-refractivity contribution < 1.29 is 7.85 Å². The maximum atomic E-state index is 9.19. The Morgan fingerprint density at radius 2 is 1.60 bits per heavy atom. The molecule has 84 valence electrons. The Morgan fingerprint density at radius 1 is 1.00 bits per heavy atom. The maximum absolute atomic E-state index is 9.19. The Bertz CT molecular complexity index is 314. The lowest BCUT2D eigenvalue weighted by molar-refractivity contribution is 0.282. The molecular weight excluding hydrogens is 184 g/mol. The van der Waals surface area contributed by atoms with Crippen molar-refractivity contribution in [1.82, 2.24) is 0 Å². The van der Waals surface area contributed by atoms with E-state index in [1.54, 1.807) is 12.1 Å². The van der Waals surface area contributed by atoms with Gasteiger partial charge in [-0.25, -0.2) is 0 Å². The normalized spacial score (nSPS) is 13.5. The van der Waals surface area contributed by atoms with Crippen LogP contribution in [0.4, 0.5) is 0 Å². The molecule has 0 saturated heterocycles. The van der Waals surface area contributed by atoms with E-state index in [1.165, 1.54) is 37.7 Å². The van der Waals surface area contributed by atoms with E-state index in [2.05, 4.69) is 6.92 Å². The summed E-state index contributed by atoms with van der Waals surface area (Å²) < 4.78 is 14.4. The summed E-state index contributed by atoms with van der Waals surface area (Å²) in [5.74, 6) is 0. The van der Waals surface area contributed by atoms with Gasteiger partial charge in [0.25, 0.3) is 0 Å². The highest BCUT2D eigenvalue weighted by Crippen LogP contribution is 2.10. The van der Waals surface area contributed by atoms with Gasteiger partial charge in [0.2, 0.25) is 0 Å². The third kappa shape index (κ3) is 4.98. The number of aliphatic hydroxyl groups is 1. The topological polar surface area (TPSA) is 20.2 Å². The Hall–Kier alpha value is -0.820. The third-order valence-electron chi connectivity index (χ3n) is 2.65. The van der Waals surface area contributed by atoms with Gasteiger partial charge in [-0.1, -0.05) is 56.9 Å². The first-order valence-corrected chi connectivity index (χ1v) is 5.86. The van der Waals surface area contributed by atoms with Crippen LogP contribution in [0.2, 0.25) is 0 Å². The third-order valence-corrected chi connectivity index (χ3v) is 2.65. The molecule has 1 N–H and O–H groups in total. The van der Waals surface area contributed by atoms with Gasteiger partial charge in [0, 0.05) is 0 Å². The minimum Gasteiger partial charge on any atom is -0.392 e. The average Bonchev–Trinajstić information content (AvgIpc) is 2.28. The predicted octanol–water partition coefficient (Wildman–Crippen LogP) is 3.69. The van der Waals surface area contributed by atoms with Crippen molar-refractivity contribution in [1.29, 1.82) is 0 Å². The minimum absolute atomic E-state index is 0.326. The van der Waals surface area contributed by atoms with E-state index in [9.17, 15) is 5.11 Å². The lowest BCUT2D eigenvalue weighted by Gasteiger charge is -2.02. The molecule has 1 aromatic rings. The second-order valence-electron chi connectivity index (χ2n) is 3.97. The summed E-state index contributed by atoms with van der Waals surface area (Å²) in [6, 6.07) is 7.15. The van der Waals surface area contributed by atoms with Crippen LogP contribution in [0.15, 0.2) is 24.3 Å². The van der Waals surface area contributed by atoms with Gasteiger partial charge in [-0.05, 0) is 24.0 Å². The summed E-state index contributed by atoms with van der Waals surface area (Å²) in [7, 11) is 0. The fraction of sp³-hybridized carbons (Fsp3) is 0.571. The molecule has 0 amide bonds. The Morgan fingerprint density at radius 3 is 2.20 bits per heavy atom. The van der Waals surface area contributed by atoms with Crippen LogP contribution < -0.4 is 0 Å². The Kier molecular flexibility index (Phi) is 4.69. The monoisotopic (exact) mass is 208 g/mol. The molecule has 1 rings (SSSR count). The van der Waals surface area contributed by atoms with Crippen LogP contribution in [0.5, 0.6) is 0 Å². The van der Waals surface area contributed by atoms with Crippen LogP contribution >= 0.6 is 0 Å². The molecule has 15 heavy (non-hydrogen) atoms. The van der Waals surface area contributed by atoms with Crippen LogP contribution in [0, 0.1) is 0 Å². The molecule has 0 unspecified atom stereocenters. The smallest absolute Gasteiger partial charge is 0.0681 e. The summed E-state index contributed by atoms with van der Waals surface area (Å²) in [6.45, 7) is -0.0127. The summed E-state index contributed by atoms with van der Waals surface area (Å²) in [5.41, 5.74) is 1.54. The first-order chi connectivity index (χ1) is 8.04. The fourth-order valence-electron chi connectivity index (χ4n) is 1.68. The molecule has 0 aromatic heterocycles. The minimum atomic E-state index is -2.22. The first kappa shape index (κ1) is 9.41. The molecule has 0 atom stereocenters. The fourth-order valence-corrected chi connectivity index (χ4v) is 1.68. The zero-order chi connectivity index (χ0) is 12.7. The molecule has 1 aromatic carbocycles. The lowest BCUT2D eigenvalue weighted by atomic mass is 10.0. The van der Waals surface area contributed by atoms with Crippen LogP contribution in [0.3, 0.4) is 0 Å². The molecule has 1 nitrogen and oxygen atoms in total. The molecule has 0 heterocycles. The molecule has 0 bridgehead atoms. The second kappa shape index (κ2) is 7.47. The molecule has 0 saturated carbocycles. The van der Waals surface area contributed by atoms with Crippen LogP contribution in [0.1, 0.15) is 52.9 Å². The quantitative estimate of drug-likeness (QED) is 0.677.